The molecule has 0 saturated carbocycles. The zero-order valence-corrected chi connectivity index (χ0v) is 16.5. The van der Waals surface area contributed by atoms with Gasteiger partial charge in [-0.15, -0.1) is 0 Å². The highest BCUT2D eigenvalue weighted by Gasteiger charge is 2.15. The fourth-order valence-corrected chi connectivity index (χ4v) is 4.47. The molecule has 1 aliphatic carbocycles. The van der Waals surface area contributed by atoms with Gasteiger partial charge >= 0.3 is 0 Å². The van der Waals surface area contributed by atoms with E-state index in [0.717, 1.165) is 17.3 Å². The van der Waals surface area contributed by atoms with E-state index in [9.17, 15) is 0 Å². The molecule has 4 aromatic carbocycles. The fourth-order valence-electron chi connectivity index (χ4n) is 4.20. The van der Waals surface area contributed by atoms with E-state index >= 15 is 0 Å². The van der Waals surface area contributed by atoms with Crippen LogP contribution in [0.15, 0.2) is 83.3 Å². The minimum absolute atomic E-state index is 1.10. The monoisotopic (exact) mass is 410 g/mol. The molecular weight excluding hydrogens is 392 g/mol. The molecule has 0 bridgehead atoms. The number of hydrogen-bond donors (Lipinski definition) is 0. The molecule has 0 spiro atoms. The Bertz CT molecular complexity index is 1250. The highest BCUT2D eigenvalue weighted by Crippen LogP contribution is 2.32. The number of halogens is 1. The fraction of sp³-hybridized carbons (Fsp3) is 0.0769. The maximum absolute atomic E-state index is 3.57. The lowest BCUT2D eigenvalue weighted by atomic mass is 9.86. The molecular formula is C26H19Br. The van der Waals surface area contributed by atoms with E-state index in [1.165, 1.54) is 43.5 Å². The lowest BCUT2D eigenvalue weighted by Crippen LogP contribution is -2.31. The van der Waals surface area contributed by atoms with Gasteiger partial charge in [-0.25, -0.2) is 0 Å². The molecule has 0 aromatic heterocycles. The zero-order chi connectivity index (χ0) is 18.2. The van der Waals surface area contributed by atoms with Gasteiger partial charge in [-0.05, 0) is 68.4 Å². The van der Waals surface area contributed by atoms with Gasteiger partial charge in [0.25, 0.3) is 0 Å². The highest BCUT2D eigenvalue weighted by molar-refractivity contribution is 9.10. The second-order valence-corrected chi connectivity index (χ2v) is 7.90. The van der Waals surface area contributed by atoms with Gasteiger partial charge in [0.05, 0.1) is 0 Å². The zero-order valence-electron chi connectivity index (χ0n) is 15.0. The first-order valence-electron chi connectivity index (χ1n) is 9.39. The van der Waals surface area contributed by atoms with Crippen molar-refractivity contribution in [2.75, 3.05) is 0 Å². The Morgan fingerprint density at radius 2 is 1.00 bits per heavy atom. The van der Waals surface area contributed by atoms with Crippen LogP contribution in [0.1, 0.15) is 12.8 Å². The van der Waals surface area contributed by atoms with Crippen molar-refractivity contribution in [3.8, 4) is 22.3 Å². The SMILES string of the molecule is Brc1ccc(-c2c3c(c(-c4ccccc4)c4ccccc24)=CCCC=3)cc1. The standard InChI is InChI=1S/C26H19Br/c27-20-16-14-19(15-17-20)26-23-12-6-4-10-21(23)25(18-8-2-1-3-9-18)22-11-5-7-13-24(22)26/h1-4,6,8-17H,5,7H2. The Morgan fingerprint density at radius 3 is 1.56 bits per heavy atom. The topological polar surface area (TPSA) is 0 Å². The van der Waals surface area contributed by atoms with Crippen molar-refractivity contribution in [1.29, 1.82) is 0 Å². The Labute approximate surface area is 167 Å². The minimum atomic E-state index is 1.10. The summed E-state index contributed by atoms with van der Waals surface area (Å²) in [4.78, 5) is 0. The highest BCUT2D eigenvalue weighted by atomic mass is 79.9. The van der Waals surface area contributed by atoms with Crippen LogP contribution in [0.2, 0.25) is 0 Å². The molecule has 0 fully saturated rings. The van der Waals surface area contributed by atoms with Gasteiger partial charge in [-0.3, -0.25) is 0 Å². The van der Waals surface area contributed by atoms with Gasteiger partial charge in [0.1, 0.15) is 0 Å². The van der Waals surface area contributed by atoms with E-state index < -0.39 is 0 Å². The van der Waals surface area contributed by atoms with Gasteiger partial charge in [0.15, 0.2) is 0 Å². The van der Waals surface area contributed by atoms with Gasteiger partial charge in [0, 0.05) is 4.47 Å². The number of rotatable bonds is 2. The van der Waals surface area contributed by atoms with Crippen LogP contribution in [0, 0.1) is 0 Å². The number of fused-ring (bicyclic) bond motifs is 2. The maximum atomic E-state index is 3.57. The van der Waals surface area contributed by atoms with E-state index in [4.69, 9.17) is 0 Å². The van der Waals surface area contributed by atoms with Crippen LogP contribution in [0.25, 0.3) is 45.2 Å². The van der Waals surface area contributed by atoms with E-state index in [2.05, 4.69) is 107 Å². The molecule has 0 unspecified atom stereocenters. The van der Waals surface area contributed by atoms with Crippen molar-refractivity contribution in [2.45, 2.75) is 12.8 Å². The molecule has 27 heavy (non-hydrogen) atoms. The predicted molar refractivity (Wildman–Crippen MR) is 120 cm³/mol. The lowest BCUT2D eigenvalue weighted by Gasteiger charge is -2.17. The number of benzene rings is 4. The molecule has 0 N–H and O–H groups in total. The van der Waals surface area contributed by atoms with Crippen molar-refractivity contribution in [2.24, 2.45) is 0 Å². The molecule has 0 atom stereocenters. The quantitative estimate of drug-likeness (QED) is 0.364. The van der Waals surface area contributed by atoms with Crippen LogP contribution >= 0.6 is 15.9 Å². The van der Waals surface area contributed by atoms with Gasteiger partial charge in [-0.1, -0.05) is 94.8 Å². The molecule has 0 amide bonds. The molecule has 0 aliphatic heterocycles. The summed E-state index contributed by atoms with van der Waals surface area (Å²) in [6, 6.07) is 28.3. The predicted octanol–water partition coefficient (Wildman–Crippen LogP) is 6.29. The smallest absolute Gasteiger partial charge is 0.0175 e. The van der Waals surface area contributed by atoms with Gasteiger partial charge in [0.2, 0.25) is 0 Å². The summed E-state index contributed by atoms with van der Waals surface area (Å²) >= 11 is 3.57. The van der Waals surface area contributed by atoms with E-state index in [-0.39, 0.29) is 0 Å². The average molecular weight is 411 g/mol. The van der Waals surface area contributed by atoms with Crippen LogP contribution in [0.4, 0.5) is 0 Å². The third-order valence-corrected chi connectivity index (χ3v) is 5.88. The van der Waals surface area contributed by atoms with Crippen LogP contribution in [0.5, 0.6) is 0 Å². The second-order valence-electron chi connectivity index (χ2n) is 6.98. The van der Waals surface area contributed by atoms with E-state index in [0.29, 0.717) is 0 Å². The third-order valence-electron chi connectivity index (χ3n) is 5.35. The molecule has 1 aliphatic rings. The van der Waals surface area contributed by atoms with Crippen molar-refractivity contribution < 1.29 is 0 Å². The largest absolute Gasteiger partial charge is 0.0757 e. The van der Waals surface area contributed by atoms with Crippen molar-refractivity contribution in [1.82, 2.24) is 0 Å². The van der Waals surface area contributed by atoms with Crippen molar-refractivity contribution in [3.05, 3.63) is 93.8 Å². The first-order valence-corrected chi connectivity index (χ1v) is 10.2. The van der Waals surface area contributed by atoms with E-state index in [1.54, 1.807) is 0 Å². The summed E-state index contributed by atoms with van der Waals surface area (Å²) < 4.78 is 1.11. The summed E-state index contributed by atoms with van der Waals surface area (Å²) in [5.41, 5.74) is 5.28. The Kier molecular flexibility index (Phi) is 4.18. The van der Waals surface area contributed by atoms with Crippen LogP contribution < -0.4 is 10.4 Å². The van der Waals surface area contributed by atoms with Gasteiger partial charge < -0.3 is 0 Å². The molecule has 0 saturated heterocycles. The Hall–Kier alpha value is -2.64. The van der Waals surface area contributed by atoms with Crippen LogP contribution in [-0.4, -0.2) is 0 Å². The molecule has 4 aromatic rings. The summed E-state index contributed by atoms with van der Waals surface area (Å²) in [6.07, 6.45) is 7.05. The van der Waals surface area contributed by atoms with Crippen LogP contribution in [-0.2, 0) is 0 Å². The lowest BCUT2D eigenvalue weighted by molar-refractivity contribution is 1.12. The summed E-state index contributed by atoms with van der Waals surface area (Å²) in [5, 5.41) is 5.40. The summed E-state index contributed by atoms with van der Waals surface area (Å²) in [6.45, 7) is 0. The molecule has 5 rings (SSSR count). The summed E-state index contributed by atoms with van der Waals surface area (Å²) in [5.74, 6) is 0. The maximum Gasteiger partial charge on any atom is 0.0175 e. The molecule has 1 heteroatoms. The normalized spacial score (nSPS) is 12.9. The molecule has 0 heterocycles. The minimum Gasteiger partial charge on any atom is -0.0757 e. The molecule has 130 valence electrons. The average Bonchev–Trinajstić information content (AvgIpc) is 2.73. The first kappa shape index (κ1) is 16.5. The van der Waals surface area contributed by atoms with Crippen molar-refractivity contribution in [3.63, 3.8) is 0 Å². The second kappa shape index (κ2) is 6.83. The molecule has 0 nitrogen and oxygen atoms in total. The first-order chi connectivity index (χ1) is 13.3. The van der Waals surface area contributed by atoms with Crippen LogP contribution in [0.3, 0.4) is 0 Å². The van der Waals surface area contributed by atoms with E-state index in [1.807, 2.05) is 0 Å². The third kappa shape index (κ3) is 2.83. The van der Waals surface area contributed by atoms with Crippen molar-refractivity contribution >= 4 is 38.9 Å². The Morgan fingerprint density at radius 1 is 0.519 bits per heavy atom. The Balaban J connectivity index is 1.99. The number of hydrogen-bond acceptors (Lipinski definition) is 0. The summed E-state index contributed by atoms with van der Waals surface area (Å²) in [7, 11) is 0. The molecule has 0 radical (unpaired) electrons. The van der Waals surface area contributed by atoms with Gasteiger partial charge in [-0.2, -0.15) is 0 Å².